The Kier molecular flexibility index (Phi) is 3.51. The molecular formula is C14H13ClN2. The molecule has 2 nitrogen and oxygen atoms in total. The van der Waals surface area contributed by atoms with Gasteiger partial charge in [0.05, 0.1) is 17.3 Å². The first-order valence-corrected chi connectivity index (χ1v) is 5.92. The van der Waals surface area contributed by atoms with Crippen molar-refractivity contribution in [2.45, 2.75) is 13.8 Å². The van der Waals surface area contributed by atoms with Gasteiger partial charge in [-0.15, -0.1) is 11.6 Å². The molecule has 1 heterocycles. The molecule has 0 fully saturated rings. The molecule has 0 radical (unpaired) electrons. The minimum absolute atomic E-state index is 0.351. The summed E-state index contributed by atoms with van der Waals surface area (Å²) in [5, 5.41) is 4.44. The van der Waals surface area contributed by atoms with Crippen LogP contribution >= 0.6 is 11.6 Å². The third-order valence-corrected chi connectivity index (χ3v) is 2.53. The van der Waals surface area contributed by atoms with Crippen LogP contribution in [0.1, 0.15) is 17.0 Å². The highest BCUT2D eigenvalue weighted by atomic mass is 35.5. The molecule has 0 aliphatic heterocycles. The third-order valence-electron chi connectivity index (χ3n) is 2.40. The number of benzene rings is 1. The number of aryl methyl sites for hydroxylation is 2. The van der Waals surface area contributed by atoms with Gasteiger partial charge in [-0.05, 0) is 38.1 Å². The minimum atomic E-state index is 0.351. The van der Waals surface area contributed by atoms with Crippen molar-refractivity contribution in [3.8, 4) is 17.5 Å². The predicted molar refractivity (Wildman–Crippen MR) is 70.6 cm³/mol. The summed E-state index contributed by atoms with van der Waals surface area (Å²) in [5.41, 5.74) is 4.11. The topological polar surface area (TPSA) is 17.8 Å². The van der Waals surface area contributed by atoms with Gasteiger partial charge >= 0.3 is 0 Å². The molecule has 0 aliphatic carbocycles. The summed E-state index contributed by atoms with van der Waals surface area (Å²) < 4.78 is 1.92. The Labute approximate surface area is 106 Å². The van der Waals surface area contributed by atoms with E-state index in [2.05, 4.69) is 23.0 Å². The lowest BCUT2D eigenvalue weighted by atomic mass is 10.2. The van der Waals surface area contributed by atoms with Crippen molar-refractivity contribution >= 4 is 11.6 Å². The van der Waals surface area contributed by atoms with Crippen molar-refractivity contribution in [3.63, 3.8) is 0 Å². The lowest BCUT2D eigenvalue weighted by molar-refractivity contribution is 0.833. The molecule has 17 heavy (non-hydrogen) atoms. The minimum Gasteiger partial charge on any atom is -0.238 e. The lowest BCUT2D eigenvalue weighted by Gasteiger charge is -2.04. The maximum absolute atomic E-state index is 5.55. The van der Waals surface area contributed by atoms with Crippen LogP contribution in [-0.2, 0) is 0 Å². The van der Waals surface area contributed by atoms with Gasteiger partial charge in [-0.25, -0.2) is 4.68 Å². The smallest absolute Gasteiger partial charge is 0.0839 e. The van der Waals surface area contributed by atoms with E-state index in [0.717, 1.165) is 22.6 Å². The van der Waals surface area contributed by atoms with Gasteiger partial charge in [0, 0.05) is 11.3 Å². The SMILES string of the molecule is Cc1cc(C)n(-c2cccc(C#CCCl)c2)n1. The van der Waals surface area contributed by atoms with E-state index in [1.54, 1.807) is 0 Å². The van der Waals surface area contributed by atoms with Crippen LogP contribution in [0.3, 0.4) is 0 Å². The number of hydrogen-bond donors (Lipinski definition) is 0. The molecule has 0 saturated heterocycles. The van der Waals surface area contributed by atoms with E-state index in [0.29, 0.717) is 5.88 Å². The summed E-state index contributed by atoms with van der Waals surface area (Å²) in [6.45, 7) is 4.03. The fourth-order valence-corrected chi connectivity index (χ4v) is 1.81. The molecule has 0 aliphatic rings. The molecule has 1 aromatic heterocycles. The van der Waals surface area contributed by atoms with E-state index in [4.69, 9.17) is 11.6 Å². The molecule has 0 bridgehead atoms. The Bertz CT molecular complexity index is 588. The van der Waals surface area contributed by atoms with E-state index < -0.39 is 0 Å². The van der Waals surface area contributed by atoms with Gasteiger partial charge in [0.25, 0.3) is 0 Å². The van der Waals surface area contributed by atoms with Gasteiger partial charge < -0.3 is 0 Å². The molecule has 0 saturated carbocycles. The standard InChI is InChI=1S/C14H13ClN2/c1-11-9-12(2)17(16-11)14-7-3-5-13(10-14)6-4-8-15/h3,5,7,9-10H,8H2,1-2H3. The zero-order chi connectivity index (χ0) is 12.3. The lowest BCUT2D eigenvalue weighted by Crippen LogP contribution is -1.99. The first-order valence-electron chi connectivity index (χ1n) is 5.39. The van der Waals surface area contributed by atoms with Crippen LogP contribution in [0.2, 0.25) is 0 Å². The van der Waals surface area contributed by atoms with Crippen molar-refractivity contribution in [2.75, 3.05) is 5.88 Å². The van der Waals surface area contributed by atoms with Crippen LogP contribution in [0.4, 0.5) is 0 Å². The Balaban J connectivity index is 2.43. The van der Waals surface area contributed by atoms with Crippen LogP contribution in [0, 0.1) is 25.7 Å². The first kappa shape index (κ1) is 11.8. The Morgan fingerprint density at radius 2 is 2.12 bits per heavy atom. The number of alkyl halides is 1. The Morgan fingerprint density at radius 1 is 1.29 bits per heavy atom. The van der Waals surface area contributed by atoms with Crippen LogP contribution in [-0.4, -0.2) is 15.7 Å². The van der Waals surface area contributed by atoms with Crippen molar-refractivity contribution in [3.05, 3.63) is 47.3 Å². The molecular weight excluding hydrogens is 232 g/mol. The van der Waals surface area contributed by atoms with Gasteiger partial charge in [0.1, 0.15) is 0 Å². The van der Waals surface area contributed by atoms with Crippen LogP contribution in [0.15, 0.2) is 30.3 Å². The van der Waals surface area contributed by atoms with Gasteiger partial charge in [0.15, 0.2) is 0 Å². The van der Waals surface area contributed by atoms with E-state index >= 15 is 0 Å². The Morgan fingerprint density at radius 3 is 2.76 bits per heavy atom. The molecule has 2 rings (SSSR count). The molecule has 2 aromatic rings. The summed E-state index contributed by atoms with van der Waals surface area (Å²) in [6.07, 6.45) is 0. The summed E-state index contributed by atoms with van der Waals surface area (Å²) in [4.78, 5) is 0. The summed E-state index contributed by atoms with van der Waals surface area (Å²) in [5.74, 6) is 6.21. The highest BCUT2D eigenvalue weighted by molar-refractivity contribution is 6.19. The first-order chi connectivity index (χ1) is 8.20. The summed E-state index contributed by atoms with van der Waals surface area (Å²) in [6, 6.07) is 10.0. The Hall–Kier alpha value is -1.72. The average molecular weight is 245 g/mol. The normalized spacial score (nSPS) is 9.82. The number of halogens is 1. The zero-order valence-electron chi connectivity index (χ0n) is 9.87. The molecule has 0 spiro atoms. The molecule has 0 amide bonds. The zero-order valence-corrected chi connectivity index (χ0v) is 10.6. The second-order valence-electron chi connectivity index (χ2n) is 3.82. The summed E-state index contributed by atoms with van der Waals surface area (Å²) in [7, 11) is 0. The van der Waals surface area contributed by atoms with Gasteiger partial charge in [-0.2, -0.15) is 5.10 Å². The third kappa shape index (κ3) is 2.69. The molecule has 86 valence electrons. The van der Waals surface area contributed by atoms with Crippen LogP contribution < -0.4 is 0 Å². The molecule has 1 aromatic carbocycles. The second kappa shape index (κ2) is 5.07. The number of aromatic nitrogens is 2. The number of nitrogens with zero attached hydrogens (tertiary/aromatic N) is 2. The molecule has 0 atom stereocenters. The van der Waals surface area contributed by atoms with Gasteiger partial charge in [-0.3, -0.25) is 0 Å². The number of hydrogen-bond acceptors (Lipinski definition) is 1. The van der Waals surface area contributed by atoms with Crippen molar-refractivity contribution in [2.24, 2.45) is 0 Å². The molecule has 3 heteroatoms. The van der Waals surface area contributed by atoms with E-state index in [9.17, 15) is 0 Å². The molecule has 0 unspecified atom stereocenters. The predicted octanol–water partition coefficient (Wildman–Crippen LogP) is 3.08. The monoisotopic (exact) mass is 244 g/mol. The van der Waals surface area contributed by atoms with E-state index in [1.807, 2.05) is 42.8 Å². The maximum Gasteiger partial charge on any atom is 0.0839 e. The van der Waals surface area contributed by atoms with Crippen molar-refractivity contribution in [1.82, 2.24) is 9.78 Å². The fraction of sp³-hybridized carbons (Fsp3) is 0.214. The molecule has 0 N–H and O–H groups in total. The average Bonchev–Trinajstić information content (AvgIpc) is 2.66. The second-order valence-corrected chi connectivity index (χ2v) is 4.09. The van der Waals surface area contributed by atoms with E-state index in [-0.39, 0.29) is 0 Å². The number of rotatable bonds is 1. The van der Waals surface area contributed by atoms with Crippen molar-refractivity contribution in [1.29, 1.82) is 0 Å². The largest absolute Gasteiger partial charge is 0.238 e. The van der Waals surface area contributed by atoms with E-state index in [1.165, 1.54) is 0 Å². The van der Waals surface area contributed by atoms with Crippen LogP contribution in [0.5, 0.6) is 0 Å². The fourth-order valence-electron chi connectivity index (χ4n) is 1.74. The highest BCUT2D eigenvalue weighted by Gasteiger charge is 2.03. The summed E-state index contributed by atoms with van der Waals surface area (Å²) >= 11 is 5.55. The van der Waals surface area contributed by atoms with Crippen molar-refractivity contribution < 1.29 is 0 Å². The van der Waals surface area contributed by atoms with Gasteiger partial charge in [-0.1, -0.05) is 17.9 Å². The quantitative estimate of drug-likeness (QED) is 0.557. The van der Waals surface area contributed by atoms with Gasteiger partial charge in [0.2, 0.25) is 0 Å². The maximum atomic E-state index is 5.55. The van der Waals surface area contributed by atoms with Crippen LogP contribution in [0.25, 0.3) is 5.69 Å². The highest BCUT2D eigenvalue weighted by Crippen LogP contribution is 2.13.